The first-order chi connectivity index (χ1) is 49.7. The van der Waals surface area contributed by atoms with E-state index in [9.17, 15) is 43.2 Å². The molecular weight excluding hydrogens is 1330 g/mol. The Balaban J connectivity index is 5.41. The van der Waals surface area contributed by atoms with Gasteiger partial charge < -0.3 is 33.8 Å². The highest BCUT2D eigenvalue weighted by atomic mass is 31.2. The predicted octanol–water partition coefficient (Wildman–Crippen LogP) is 23.6. The maximum atomic E-state index is 13.1. The van der Waals surface area contributed by atoms with Crippen molar-refractivity contribution in [2.45, 2.75) is 367 Å². The van der Waals surface area contributed by atoms with E-state index in [4.69, 9.17) is 37.0 Å². The summed E-state index contributed by atoms with van der Waals surface area (Å²) in [4.78, 5) is 73.0. The third-order valence-corrected chi connectivity index (χ3v) is 18.9. The molecule has 0 radical (unpaired) electrons. The maximum Gasteiger partial charge on any atom is 0.472 e. The first-order valence-corrected chi connectivity index (χ1v) is 43.5. The summed E-state index contributed by atoms with van der Waals surface area (Å²) < 4.78 is 68.6. The minimum Gasteiger partial charge on any atom is -0.462 e. The fraction of sp³-hybridized carbons (Fsp3) is 0.759. The molecule has 0 aliphatic rings. The number of ether oxygens (including phenoxy) is 4. The molecule has 0 fully saturated rings. The second-order valence-electron chi connectivity index (χ2n) is 27.0. The highest BCUT2D eigenvalue weighted by Crippen LogP contribution is 2.45. The van der Waals surface area contributed by atoms with Crippen molar-refractivity contribution in [1.29, 1.82) is 0 Å². The molecule has 0 heterocycles. The molecule has 0 amide bonds. The van der Waals surface area contributed by atoms with Crippen LogP contribution in [0.4, 0.5) is 0 Å². The number of hydrogen-bond acceptors (Lipinski definition) is 15. The molecule has 0 rings (SSSR count). The Morgan fingerprint density at radius 3 is 0.814 bits per heavy atom. The quantitative estimate of drug-likeness (QED) is 0.0169. The fourth-order valence-electron chi connectivity index (χ4n) is 10.8. The Hall–Kier alpha value is -4.02. The van der Waals surface area contributed by atoms with Crippen molar-refractivity contribution in [1.82, 2.24) is 0 Å². The summed E-state index contributed by atoms with van der Waals surface area (Å²) in [5, 5.41) is 10.6. The number of aliphatic hydroxyl groups excluding tert-OH is 1. The highest BCUT2D eigenvalue weighted by Gasteiger charge is 2.30. The number of hydrogen-bond donors (Lipinski definition) is 3. The van der Waals surface area contributed by atoms with Crippen molar-refractivity contribution in [2.75, 3.05) is 39.6 Å². The number of aliphatic hydroxyl groups is 1. The van der Waals surface area contributed by atoms with Crippen molar-refractivity contribution in [3.05, 3.63) is 97.2 Å². The normalized spacial score (nSPS) is 14.4. The van der Waals surface area contributed by atoms with Crippen molar-refractivity contribution in [3.8, 4) is 0 Å². The van der Waals surface area contributed by atoms with E-state index >= 15 is 0 Å². The van der Waals surface area contributed by atoms with Crippen molar-refractivity contribution < 1.29 is 80.2 Å². The molecule has 0 aliphatic heterocycles. The smallest absolute Gasteiger partial charge is 0.462 e. The van der Waals surface area contributed by atoms with Crippen LogP contribution in [0.1, 0.15) is 349 Å². The SMILES string of the molecule is CCCCC/C=C\C/C=C\C/C=C\C/C=C\CCCC(=O)OC[C@H](COP(=O)(O)OC[C@@H](O)COP(=O)(O)OC[C@@H](COC(=O)CCCCCCCCC/C=C\CCCCCC)OC(=O)CCCCCCC/C=C\C/C=C\CCCCC)OC(=O)CCCCCCC/C=C\CCCCCCCC. The molecule has 0 saturated heterocycles. The number of carbonyl (C=O) groups excluding carboxylic acids is 4. The predicted molar refractivity (Wildman–Crippen MR) is 418 cm³/mol. The summed E-state index contributed by atoms with van der Waals surface area (Å²) in [6.07, 6.45) is 79.5. The van der Waals surface area contributed by atoms with E-state index in [1.165, 1.54) is 116 Å². The van der Waals surface area contributed by atoms with Gasteiger partial charge in [0, 0.05) is 25.7 Å². The van der Waals surface area contributed by atoms with Crippen molar-refractivity contribution in [3.63, 3.8) is 0 Å². The number of unbranched alkanes of at least 4 members (excludes halogenated alkanes) is 34. The molecule has 0 aromatic heterocycles. The van der Waals surface area contributed by atoms with Gasteiger partial charge in [-0.05, 0) is 148 Å². The zero-order chi connectivity index (χ0) is 74.6. The minimum absolute atomic E-state index is 0.0737. The summed E-state index contributed by atoms with van der Waals surface area (Å²) >= 11 is 0. The number of phosphoric acid groups is 2. The third-order valence-electron chi connectivity index (χ3n) is 17.0. The molecular formula is C83H146O17P2. The minimum atomic E-state index is -4.99. The van der Waals surface area contributed by atoms with Gasteiger partial charge in [-0.3, -0.25) is 37.3 Å². The lowest BCUT2D eigenvalue weighted by atomic mass is 10.1. The van der Waals surface area contributed by atoms with Crippen molar-refractivity contribution >= 4 is 39.5 Å². The van der Waals surface area contributed by atoms with E-state index in [1.54, 1.807) is 0 Å². The largest absolute Gasteiger partial charge is 0.472 e. The van der Waals surface area contributed by atoms with E-state index in [-0.39, 0.29) is 25.7 Å². The van der Waals surface area contributed by atoms with Gasteiger partial charge in [-0.1, -0.05) is 273 Å². The fourth-order valence-corrected chi connectivity index (χ4v) is 12.3. The maximum absolute atomic E-state index is 13.1. The number of esters is 4. The van der Waals surface area contributed by atoms with Gasteiger partial charge >= 0.3 is 39.5 Å². The van der Waals surface area contributed by atoms with Gasteiger partial charge in [0.2, 0.25) is 0 Å². The van der Waals surface area contributed by atoms with Gasteiger partial charge in [0.15, 0.2) is 12.2 Å². The number of carbonyl (C=O) groups is 4. The summed E-state index contributed by atoms with van der Waals surface area (Å²) in [5.41, 5.74) is 0. The van der Waals surface area contributed by atoms with Crippen LogP contribution in [0.2, 0.25) is 0 Å². The second kappa shape index (κ2) is 75.2. The van der Waals surface area contributed by atoms with Crippen LogP contribution in [0.5, 0.6) is 0 Å². The molecule has 17 nitrogen and oxygen atoms in total. The van der Waals surface area contributed by atoms with Crippen LogP contribution in [-0.4, -0.2) is 96.7 Å². The first-order valence-electron chi connectivity index (χ1n) is 40.5. The highest BCUT2D eigenvalue weighted by molar-refractivity contribution is 7.47. The Labute approximate surface area is 620 Å². The van der Waals surface area contributed by atoms with Crippen LogP contribution in [0.15, 0.2) is 97.2 Å². The zero-order valence-corrected chi connectivity index (χ0v) is 66.3. The Morgan fingerprint density at radius 2 is 0.490 bits per heavy atom. The zero-order valence-electron chi connectivity index (χ0n) is 64.5. The molecule has 0 bridgehead atoms. The molecule has 102 heavy (non-hydrogen) atoms. The Kier molecular flexibility index (Phi) is 72.3. The standard InChI is InChI=1S/C83H146O17P2/c1-5-9-13-17-21-25-29-33-37-38-42-44-48-52-56-60-64-68-81(86)94-74-79(100-83(88)70-66-62-58-54-50-46-41-36-32-28-24-20-16-12-8-4)76-98-102(91,92)96-72-77(84)71-95-101(89,90)97-75-78(99-82(87)69-65-61-57-53-49-45-40-35-31-27-23-19-15-11-7-3)73-93-80(85)67-63-59-55-51-47-43-39-34-30-26-22-18-14-10-6-2/h21,23,25-27,30,33,35-37,40-42,44,52,56,77-79,84H,5-20,22,24,28-29,31-32,34,38-39,43,45-51,53-55,57-76H2,1-4H3,(H,89,90)(H,91,92)/b25-21-,27-23-,30-26-,37-33-,40-35-,41-36-,44-42-,56-52-/t77-,78+,79+/m0/s1. The summed E-state index contributed by atoms with van der Waals surface area (Å²) in [5.74, 6) is -2.25. The van der Waals surface area contributed by atoms with Gasteiger partial charge in [-0.15, -0.1) is 0 Å². The first kappa shape index (κ1) is 98.0. The monoisotopic (exact) mass is 1480 g/mol. The number of rotatable bonds is 76. The average molecular weight is 1480 g/mol. The van der Waals surface area contributed by atoms with E-state index in [1.807, 2.05) is 12.2 Å². The van der Waals surface area contributed by atoms with Crippen molar-refractivity contribution in [2.24, 2.45) is 0 Å². The van der Waals surface area contributed by atoms with Crippen LogP contribution < -0.4 is 0 Å². The van der Waals surface area contributed by atoms with E-state index in [0.29, 0.717) is 32.1 Å². The summed E-state index contributed by atoms with van der Waals surface area (Å²) in [6.45, 7) is 4.75. The molecule has 0 aliphatic carbocycles. The summed E-state index contributed by atoms with van der Waals surface area (Å²) in [7, 11) is -9.97. The van der Waals surface area contributed by atoms with Gasteiger partial charge in [-0.25, -0.2) is 9.13 Å². The van der Waals surface area contributed by atoms with Crippen LogP contribution in [0, 0.1) is 0 Å². The molecule has 590 valence electrons. The van der Waals surface area contributed by atoms with Crippen LogP contribution in [0.3, 0.4) is 0 Å². The van der Waals surface area contributed by atoms with E-state index in [0.717, 1.165) is 148 Å². The third kappa shape index (κ3) is 74.3. The second-order valence-corrected chi connectivity index (χ2v) is 29.9. The molecule has 0 spiro atoms. The number of phosphoric ester groups is 2. The lowest BCUT2D eigenvalue weighted by molar-refractivity contribution is -0.161. The average Bonchev–Trinajstić information content (AvgIpc) is 0.923. The molecule has 3 N–H and O–H groups in total. The lowest BCUT2D eigenvalue weighted by Gasteiger charge is -2.21. The van der Waals surface area contributed by atoms with Gasteiger partial charge in [-0.2, -0.15) is 0 Å². The van der Waals surface area contributed by atoms with Crippen LogP contribution in [-0.2, 0) is 65.4 Å². The molecule has 5 atom stereocenters. The molecule has 0 aromatic rings. The van der Waals surface area contributed by atoms with Crippen LogP contribution in [0.25, 0.3) is 0 Å². The summed E-state index contributed by atoms with van der Waals surface area (Å²) in [6, 6.07) is 0. The number of allylic oxidation sites excluding steroid dienone is 16. The molecule has 0 aromatic carbocycles. The van der Waals surface area contributed by atoms with E-state index < -0.39 is 97.5 Å². The molecule has 0 saturated carbocycles. The Bertz CT molecular complexity index is 2310. The van der Waals surface area contributed by atoms with Gasteiger partial charge in [0.25, 0.3) is 0 Å². The lowest BCUT2D eigenvalue weighted by Crippen LogP contribution is -2.30. The topological polar surface area (TPSA) is 237 Å². The molecule has 2 unspecified atom stereocenters. The Morgan fingerprint density at radius 1 is 0.275 bits per heavy atom. The van der Waals surface area contributed by atoms with E-state index in [2.05, 4.69) is 113 Å². The molecule has 19 heteroatoms. The van der Waals surface area contributed by atoms with Gasteiger partial charge in [0.05, 0.1) is 26.4 Å². The van der Waals surface area contributed by atoms with Gasteiger partial charge in [0.1, 0.15) is 19.3 Å². The van der Waals surface area contributed by atoms with Crippen LogP contribution >= 0.6 is 15.6 Å².